The fourth-order valence-corrected chi connectivity index (χ4v) is 2.73. The molecular weight excluding hydrogens is 323 g/mol. The molecule has 0 atom stereocenters. The van der Waals surface area contributed by atoms with Gasteiger partial charge < -0.3 is 9.84 Å². The topological polar surface area (TPSA) is 46.5 Å². The summed E-state index contributed by atoms with van der Waals surface area (Å²) in [5, 5.41) is 9.61. The van der Waals surface area contributed by atoms with Crippen LogP contribution in [0, 0.1) is 0 Å². The van der Waals surface area contributed by atoms with Crippen molar-refractivity contribution in [1.82, 2.24) is 0 Å². The van der Waals surface area contributed by atoms with E-state index in [-0.39, 0.29) is 21.4 Å². The predicted octanol–water partition coefficient (Wildman–Crippen LogP) is 6.21. The number of carboxylic acid groups (broad SMARTS) is 1. The molecule has 0 radical (unpaired) electrons. The van der Waals surface area contributed by atoms with Gasteiger partial charge in [-0.25, -0.2) is 4.79 Å². The predicted molar refractivity (Wildman–Crippen MR) is 91.5 cm³/mol. The zero-order chi connectivity index (χ0) is 16.4. The van der Waals surface area contributed by atoms with Crippen molar-refractivity contribution in [2.24, 2.45) is 0 Å². The molecule has 0 aliphatic heterocycles. The summed E-state index contributed by atoms with van der Waals surface area (Å²) < 4.78 is 5.56. The quantitative estimate of drug-likeness (QED) is 0.484. The summed E-state index contributed by atoms with van der Waals surface area (Å²) in [6, 6.07) is 3.02. The van der Waals surface area contributed by atoms with Crippen LogP contribution in [0.5, 0.6) is 5.75 Å². The molecule has 0 spiro atoms. The van der Waals surface area contributed by atoms with Crippen molar-refractivity contribution in [3.05, 3.63) is 27.7 Å². The fraction of sp³-hybridized carbons (Fsp3) is 0.588. The van der Waals surface area contributed by atoms with E-state index in [9.17, 15) is 9.90 Å². The summed E-state index contributed by atoms with van der Waals surface area (Å²) in [6.07, 6.45) is 9.57. The summed E-state index contributed by atoms with van der Waals surface area (Å²) >= 11 is 11.9. The molecule has 0 amide bonds. The van der Waals surface area contributed by atoms with Gasteiger partial charge in [-0.3, -0.25) is 0 Å². The van der Waals surface area contributed by atoms with Crippen molar-refractivity contribution in [2.75, 3.05) is 6.61 Å². The smallest absolute Gasteiger partial charge is 0.341 e. The third kappa shape index (κ3) is 6.45. The number of aromatic carboxylic acids is 1. The molecule has 0 saturated heterocycles. The van der Waals surface area contributed by atoms with Crippen LogP contribution in [-0.4, -0.2) is 17.7 Å². The second-order valence-electron chi connectivity index (χ2n) is 5.36. The first-order valence-electron chi connectivity index (χ1n) is 7.92. The number of benzene rings is 1. The Morgan fingerprint density at radius 2 is 1.55 bits per heavy atom. The van der Waals surface area contributed by atoms with Crippen molar-refractivity contribution >= 4 is 29.2 Å². The van der Waals surface area contributed by atoms with Crippen molar-refractivity contribution in [2.45, 2.75) is 58.3 Å². The molecular formula is C17H24Cl2O3. The number of carbonyl (C=O) groups is 1. The van der Waals surface area contributed by atoms with Gasteiger partial charge in [0, 0.05) is 0 Å². The number of halogens is 2. The lowest BCUT2D eigenvalue weighted by Crippen LogP contribution is -2.06. The Balaban J connectivity index is 2.33. The fourth-order valence-electron chi connectivity index (χ4n) is 2.28. The van der Waals surface area contributed by atoms with E-state index < -0.39 is 5.97 Å². The van der Waals surface area contributed by atoms with Crippen LogP contribution in [0.4, 0.5) is 0 Å². The molecule has 3 nitrogen and oxygen atoms in total. The minimum absolute atomic E-state index is 0.0614. The molecule has 0 fully saturated rings. The number of ether oxygens (including phenoxy) is 1. The summed E-state index contributed by atoms with van der Waals surface area (Å²) in [5.41, 5.74) is -0.0614. The van der Waals surface area contributed by atoms with Gasteiger partial charge in [0.1, 0.15) is 5.56 Å². The molecule has 5 heteroatoms. The lowest BCUT2D eigenvalue weighted by molar-refractivity contribution is 0.0692. The van der Waals surface area contributed by atoms with E-state index >= 15 is 0 Å². The zero-order valence-corrected chi connectivity index (χ0v) is 14.6. The number of unbranched alkanes of at least 4 members (excludes halogenated alkanes) is 7. The lowest BCUT2D eigenvalue weighted by Gasteiger charge is -2.12. The first kappa shape index (κ1) is 19.1. The first-order chi connectivity index (χ1) is 10.6. The molecule has 0 unspecified atom stereocenters. The molecule has 0 heterocycles. The Kier molecular flexibility index (Phi) is 9.33. The Morgan fingerprint density at radius 3 is 2.14 bits per heavy atom. The minimum Gasteiger partial charge on any atom is -0.491 e. The van der Waals surface area contributed by atoms with Gasteiger partial charge in [-0.1, -0.05) is 75.1 Å². The van der Waals surface area contributed by atoms with E-state index in [1.165, 1.54) is 44.6 Å². The van der Waals surface area contributed by atoms with E-state index in [0.29, 0.717) is 6.61 Å². The van der Waals surface area contributed by atoms with Gasteiger partial charge in [0.15, 0.2) is 5.75 Å². The second-order valence-corrected chi connectivity index (χ2v) is 6.18. The first-order valence-corrected chi connectivity index (χ1v) is 8.67. The van der Waals surface area contributed by atoms with Gasteiger partial charge >= 0.3 is 5.97 Å². The van der Waals surface area contributed by atoms with E-state index in [2.05, 4.69) is 6.92 Å². The van der Waals surface area contributed by atoms with Crippen LogP contribution in [0.15, 0.2) is 12.1 Å². The highest BCUT2D eigenvalue weighted by atomic mass is 35.5. The maximum Gasteiger partial charge on any atom is 0.341 e. The molecule has 0 aliphatic rings. The third-order valence-electron chi connectivity index (χ3n) is 3.52. The molecule has 0 aliphatic carbocycles. The molecule has 1 rings (SSSR count). The van der Waals surface area contributed by atoms with E-state index in [0.717, 1.165) is 12.8 Å². The zero-order valence-electron chi connectivity index (χ0n) is 13.0. The maximum absolute atomic E-state index is 11.2. The average Bonchev–Trinajstić information content (AvgIpc) is 2.48. The Morgan fingerprint density at radius 1 is 1.00 bits per heavy atom. The molecule has 0 saturated carbocycles. The molecule has 0 aromatic heterocycles. The Hall–Kier alpha value is -0.930. The normalized spacial score (nSPS) is 10.7. The van der Waals surface area contributed by atoms with Crippen LogP contribution < -0.4 is 4.74 Å². The summed E-state index contributed by atoms with van der Waals surface area (Å²) in [4.78, 5) is 11.2. The highest BCUT2D eigenvalue weighted by Crippen LogP contribution is 2.34. The van der Waals surface area contributed by atoms with Crippen LogP contribution in [0.1, 0.15) is 68.6 Å². The molecule has 0 bridgehead atoms. The number of carboxylic acids is 1. The number of hydrogen-bond acceptors (Lipinski definition) is 2. The van der Waals surface area contributed by atoms with Crippen LogP contribution in [0.3, 0.4) is 0 Å². The molecule has 1 N–H and O–H groups in total. The van der Waals surface area contributed by atoms with Crippen LogP contribution in [0.2, 0.25) is 10.0 Å². The Bertz CT molecular complexity index is 475. The second kappa shape index (κ2) is 10.7. The van der Waals surface area contributed by atoms with Crippen molar-refractivity contribution in [3.8, 4) is 5.75 Å². The molecule has 1 aromatic carbocycles. The Labute approximate surface area is 142 Å². The van der Waals surface area contributed by atoms with Crippen molar-refractivity contribution in [1.29, 1.82) is 0 Å². The standard InChI is InChI=1S/C17H24Cl2O3/c1-2-3-4-5-6-7-8-9-12-22-16-14(19)11-10-13(18)15(16)17(20)21/h10-11H,2-9,12H2,1H3,(H,20,21). The molecule has 22 heavy (non-hydrogen) atoms. The highest BCUT2D eigenvalue weighted by molar-refractivity contribution is 6.36. The van der Waals surface area contributed by atoms with Gasteiger partial charge in [0.25, 0.3) is 0 Å². The highest BCUT2D eigenvalue weighted by Gasteiger charge is 2.19. The number of rotatable bonds is 11. The molecule has 124 valence electrons. The van der Waals surface area contributed by atoms with Gasteiger partial charge in [-0.05, 0) is 18.6 Å². The minimum atomic E-state index is -1.13. The van der Waals surface area contributed by atoms with Crippen LogP contribution in [-0.2, 0) is 0 Å². The van der Waals surface area contributed by atoms with E-state index in [1.54, 1.807) is 6.07 Å². The number of hydrogen-bond donors (Lipinski definition) is 1. The van der Waals surface area contributed by atoms with Crippen molar-refractivity contribution in [3.63, 3.8) is 0 Å². The lowest BCUT2D eigenvalue weighted by atomic mass is 10.1. The largest absolute Gasteiger partial charge is 0.491 e. The summed E-state index contributed by atoms with van der Waals surface area (Å²) in [7, 11) is 0. The maximum atomic E-state index is 11.2. The summed E-state index contributed by atoms with van der Waals surface area (Å²) in [5.74, 6) is -0.956. The van der Waals surface area contributed by atoms with Gasteiger partial charge in [0.05, 0.1) is 16.7 Å². The summed E-state index contributed by atoms with van der Waals surface area (Å²) in [6.45, 7) is 2.67. The van der Waals surface area contributed by atoms with Crippen molar-refractivity contribution < 1.29 is 14.6 Å². The van der Waals surface area contributed by atoms with Gasteiger partial charge in [-0.15, -0.1) is 0 Å². The monoisotopic (exact) mass is 346 g/mol. The van der Waals surface area contributed by atoms with Crippen LogP contribution in [0.25, 0.3) is 0 Å². The van der Waals surface area contributed by atoms with E-state index in [1.807, 2.05) is 0 Å². The SMILES string of the molecule is CCCCCCCCCCOc1c(Cl)ccc(Cl)c1C(=O)O. The average molecular weight is 347 g/mol. The third-order valence-corrected chi connectivity index (χ3v) is 4.13. The molecule has 1 aromatic rings. The van der Waals surface area contributed by atoms with Crippen LogP contribution >= 0.6 is 23.2 Å². The van der Waals surface area contributed by atoms with Gasteiger partial charge in [0.2, 0.25) is 0 Å². The van der Waals surface area contributed by atoms with Gasteiger partial charge in [-0.2, -0.15) is 0 Å². The van der Waals surface area contributed by atoms with E-state index in [4.69, 9.17) is 27.9 Å².